The number of rotatable bonds is 11. The Morgan fingerprint density at radius 1 is 1.17 bits per heavy atom. The van der Waals surface area contributed by atoms with E-state index in [4.69, 9.17) is 4.52 Å². The highest BCUT2D eigenvalue weighted by Crippen LogP contribution is 2.35. The summed E-state index contributed by atoms with van der Waals surface area (Å²) < 4.78 is 63.3. The number of aryl methyl sites for hydroxylation is 1. The molecule has 0 N–H and O–H groups in total. The number of alkyl halides is 3. The molecule has 1 atom stereocenters. The van der Waals surface area contributed by atoms with E-state index in [0.717, 1.165) is 25.9 Å². The van der Waals surface area contributed by atoms with Gasteiger partial charge in [0, 0.05) is 24.8 Å². The van der Waals surface area contributed by atoms with Gasteiger partial charge in [-0.1, -0.05) is 19.0 Å². The van der Waals surface area contributed by atoms with Crippen LogP contribution in [0.15, 0.2) is 43.4 Å². The fourth-order valence-electron chi connectivity index (χ4n) is 2.62. The molecule has 0 aliphatic heterocycles. The van der Waals surface area contributed by atoms with E-state index >= 15 is 0 Å². The van der Waals surface area contributed by atoms with Gasteiger partial charge in [0.25, 0.3) is 0 Å². The van der Waals surface area contributed by atoms with Crippen LogP contribution in [-0.2, 0) is 14.2 Å². The number of azo groups is 1. The monoisotopic (exact) mass is 447 g/mol. The molecule has 0 radical (unpaired) electrons. The van der Waals surface area contributed by atoms with Gasteiger partial charge < -0.3 is 9.42 Å². The summed E-state index contributed by atoms with van der Waals surface area (Å²) in [5, 5.41) is 11.5. The number of aromatic nitrogens is 1. The highest BCUT2D eigenvalue weighted by molar-refractivity contribution is 7.89. The van der Waals surface area contributed by atoms with Gasteiger partial charge >= 0.3 is 6.61 Å². The largest absolute Gasteiger partial charge is 0.371 e. The number of hydrogen-bond acceptors (Lipinski definition) is 8. The van der Waals surface area contributed by atoms with Crippen molar-refractivity contribution in [3.8, 4) is 0 Å². The van der Waals surface area contributed by atoms with Crippen LogP contribution >= 0.6 is 0 Å². The molecule has 30 heavy (non-hydrogen) atoms. The summed E-state index contributed by atoms with van der Waals surface area (Å²) in [6, 6.07) is 4.61. The predicted molar refractivity (Wildman–Crippen MR) is 108 cm³/mol. The Hall–Kier alpha value is -2.47. The van der Waals surface area contributed by atoms with Gasteiger partial charge in [-0.3, -0.25) is 0 Å². The second kappa shape index (κ2) is 11.1. The van der Waals surface area contributed by atoms with Crippen LogP contribution in [0.25, 0.3) is 0 Å². The Kier molecular flexibility index (Phi) is 8.78. The molecule has 0 saturated heterocycles. The van der Waals surface area contributed by atoms with Crippen molar-refractivity contribution >= 4 is 32.9 Å². The second-order valence-electron chi connectivity index (χ2n) is 6.30. The van der Waals surface area contributed by atoms with Crippen molar-refractivity contribution in [2.75, 3.05) is 24.0 Å². The minimum atomic E-state index is -4.29. The highest BCUT2D eigenvalue weighted by atomic mass is 32.2. The van der Waals surface area contributed by atoms with Gasteiger partial charge in [-0.05, 0) is 38.0 Å². The minimum absolute atomic E-state index is 0.0861. The molecule has 0 fully saturated rings. The fraction of sp³-hybridized carbons (Fsp3) is 0.500. The molecule has 12 heteroatoms. The molecule has 0 spiro atoms. The molecule has 1 unspecified atom stereocenters. The van der Waals surface area contributed by atoms with Gasteiger partial charge in [0.2, 0.25) is 15.8 Å². The van der Waals surface area contributed by atoms with Crippen molar-refractivity contribution in [3.05, 3.63) is 30.0 Å². The summed E-state index contributed by atoms with van der Waals surface area (Å²) in [6.07, 6.45) is 1.74. The Bertz CT molecular complexity index is 968. The van der Waals surface area contributed by atoms with Crippen molar-refractivity contribution in [2.45, 2.75) is 40.2 Å². The molecule has 0 saturated carbocycles. The summed E-state index contributed by atoms with van der Waals surface area (Å²) in [4.78, 5) is 2.05. The average molecular weight is 447 g/mol. The fourth-order valence-corrected chi connectivity index (χ4v) is 3.43. The number of nitrogens with zero attached hydrogens (tertiary/aromatic N) is 5. The van der Waals surface area contributed by atoms with Crippen LogP contribution in [0.5, 0.6) is 0 Å². The molecule has 0 bridgehead atoms. The van der Waals surface area contributed by atoms with Gasteiger partial charge in [-0.15, -0.1) is 10.2 Å². The van der Waals surface area contributed by atoms with Crippen molar-refractivity contribution in [3.63, 3.8) is 0 Å². The third kappa shape index (κ3) is 6.80. The third-order valence-electron chi connectivity index (χ3n) is 3.79. The van der Waals surface area contributed by atoms with Gasteiger partial charge in [0.05, 0.1) is 0 Å². The maximum Gasteiger partial charge on any atom is 0.357 e. The number of halogens is 3. The predicted octanol–water partition coefficient (Wildman–Crippen LogP) is 6.21. The number of hydrogen-bond donors (Lipinski definition) is 0. The van der Waals surface area contributed by atoms with Crippen LogP contribution in [0.1, 0.15) is 32.4 Å². The Balaban J connectivity index is 2.54. The summed E-state index contributed by atoms with van der Waals surface area (Å²) in [5.41, 5.74) is 0.703. The maximum atomic E-state index is 13.3. The molecular formula is C18H24F3N5O3S. The Morgan fingerprint density at radius 3 is 2.40 bits per heavy atom. The standard InChI is InChI=1S/C18H24F3N5O3S/c1-4-8-26(9-5-2)14-6-7-15(22-23-17-10-13(3)28-24-17)16(11-14)25-30(27,12-19)29-18(20)21/h6-7,10-11,18H,4-5,8-9,12H2,1-3H3. The zero-order valence-corrected chi connectivity index (χ0v) is 17.7. The topological polar surface area (TPSA) is 92.6 Å². The number of anilines is 1. The van der Waals surface area contributed by atoms with E-state index in [9.17, 15) is 17.4 Å². The molecule has 166 valence electrons. The van der Waals surface area contributed by atoms with Crippen LogP contribution in [0, 0.1) is 6.92 Å². The van der Waals surface area contributed by atoms with E-state index < -0.39 is 22.6 Å². The highest BCUT2D eigenvalue weighted by Gasteiger charge is 2.19. The van der Waals surface area contributed by atoms with E-state index in [1.165, 1.54) is 18.2 Å². The summed E-state index contributed by atoms with van der Waals surface area (Å²) >= 11 is 0. The van der Waals surface area contributed by atoms with Crippen molar-refractivity contribution < 1.29 is 26.1 Å². The van der Waals surface area contributed by atoms with Crippen LogP contribution < -0.4 is 4.90 Å². The molecule has 0 aliphatic carbocycles. The molecule has 1 heterocycles. The third-order valence-corrected chi connectivity index (χ3v) is 4.98. The molecule has 2 aromatic rings. The first-order valence-electron chi connectivity index (χ1n) is 9.31. The van der Waals surface area contributed by atoms with Gasteiger partial charge in [0.1, 0.15) is 17.1 Å². The van der Waals surface area contributed by atoms with Crippen LogP contribution in [0.3, 0.4) is 0 Å². The molecule has 2 rings (SSSR count). The maximum absolute atomic E-state index is 13.3. The zero-order valence-electron chi connectivity index (χ0n) is 16.9. The quantitative estimate of drug-likeness (QED) is 0.382. The van der Waals surface area contributed by atoms with Crippen LogP contribution in [-0.4, -0.2) is 35.1 Å². The summed E-state index contributed by atoms with van der Waals surface area (Å²) in [6.45, 7) is 3.73. The van der Waals surface area contributed by atoms with Gasteiger partial charge in [0.15, 0.2) is 6.01 Å². The first-order valence-corrected chi connectivity index (χ1v) is 10.9. The molecule has 1 aromatic carbocycles. The van der Waals surface area contributed by atoms with Gasteiger partial charge in [-0.2, -0.15) is 13.1 Å². The van der Waals surface area contributed by atoms with E-state index in [0.29, 0.717) is 11.4 Å². The SMILES string of the molecule is CCCN(CCC)c1ccc(N=Nc2cc(C)on2)c(N=S(=O)(CF)OC(F)F)c1. The van der Waals surface area contributed by atoms with Crippen LogP contribution in [0.2, 0.25) is 0 Å². The molecular weight excluding hydrogens is 423 g/mol. The Morgan fingerprint density at radius 2 is 1.87 bits per heavy atom. The lowest BCUT2D eigenvalue weighted by Gasteiger charge is -2.24. The van der Waals surface area contributed by atoms with Crippen molar-refractivity contribution in [2.24, 2.45) is 14.6 Å². The lowest BCUT2D eigenvalue weighted by Crippen LogP contribution is -2.24. The van der Waals surface area contributed by atoms with Gasteiger partial charge in [-0.25, -0.2) is 12.8 Å². The smallest absolute Gasteiger partial charge is 0.357 e. The van der Waals surface area contributed by atoms with E-state index in [2.05, 4.69) is 23.9 Å². The molecule has 1 aromatic heterocycles. The minimum Gasteiger partial charge on any atom is -0.371 e. The normalized spacial score (nSPS) is 13.7. The lowest BCUT2D eigenvalue weighted by molar-refractivity contribution is -0.0421. The van der Waals surface area contributed by atoms with Crippen LogP contribution in [0.4, 0.5) is 36.1 Å². The van der Waals surface area contributed by atoms with E-state index in [1.54, 1.807) is 13.0 Å². The van der Waals surface area contributed by atoms with Crippen molar-refractivity contribution in [1.29, 1.82) is 0 Å². The Labute approximate surface area is 173 Å². The second-order valence-corrected chi connectivity index (χ2v) is 8.05. The van der Waals surface area contributed by atoms with E-state index in [-0.39, 0.29) is 17.2 Å². The number of benzene rings is 1. The average Bonchev–Trinajstić information content (AvgIpc) is 3.11. The molecule has 0 aliphatic rings. The summed E-state index contributed by atoms with van der Waals surface area (Å²) in [5.74, 6) is 0.695. The first kappa shape index (κ1) is 23.8. The summed E-state index contributed by atoms with van der Waals surface area (Å²) in [7, 11) is -4.29. The van der Waals surface area contributed by atoms with E-state index in [1.807, 2.05) is 18.7 Å². The molecule has 0 amide bonds. The molecule has 8 nitrogen and oxygen atoms in total. The lowest BCUT2D eigenvalue weighted by atomic mass is 10.2. The van der Waals surface area contributed by atoms with Crippen molar-refractivity contribution in [1.82, 2.24) is 5.16 Å². The zero-order chi connectivity index (χ0) is 22.1. The first-order chi connectivity index (χ1) is 14.3.